The molecule has 0 unspecified atom stereocenters. The van der Waals surface area contributed by atoms with Gasteiger partial charge in [0.1, 0.15) is 17.4 Å². The predicted molar refractivity (Wildman–Crippen MR) is 77.6 cm³/mol. The maximum Gasteiger partial charge on any atom is 0.408 e. The van der Waals surface area contributed by atoms with Gasteiger partial charge in [-0.15, -0.1) is 0 Å². The fraction of sp³-hybridized carbons (Fsp3) is 0.429. The maximum absolute atomic E-state index is 11.6. The van der Waals surface area contributed by atoms with E-state index >= 15 is 0 Å². The molecule has 0 aromatic heterocycles. The summed E-state index contributed by atoms with van der Waals surface area (Å²) in [7, 11) is 0. The summed E-state index contributed by atoms with van der Waals surface area (Å²) in [6.45, 7) is 5.02. The summed E-state index contributed by atoms with van der Waals surface area (Å²) in [5, 5.41) is 21.5. The molecule has 6 nitrogen and oxygen atoms in total. The van der Waals surface area contributed by atoms with Gasteiger partial charge in [0.25, 0.3) is 0 Å². The molecule has 0 saturated heterocycles. The molecule has 1 rings (SSSR count). The Balaban J connectivity index is 2.79. The number of carbonyl (C=O) groups excluding carboxylic acids is 1. The number of benzene rings is 1. The van der Waals surface area contributed by atoms with Crippen LogP contribution in [0.25, 0.3) is 0 Å². The minimum Gasteiger partial charge on any atom is -0.508 e. The summed E-state index contributed by atoms with van der Waals surface area (Å²) >= 11 is 5.71. The van der Waals surface area contributed by atoms with Crippen molar-refractivity contribution in [3.63, 3.8) is 0 Å². The molecule has 0 saturated carbocycles. The Morgan fingerprint density at radius 1 is 1.38 bits per heavy atom. The molecule has 7 heteroatoms. The van der Waals surface area contributed by atoms with E-state index in [1.807, 2.05) is 0 Å². The van der Waals surface area contributed by atoms with Crippen molar-refractivity contribution < 1.29 is 24.5 Å². The molecular weight excluding hydrogens is 298 g/mol. The molecule has 0 aliphatic carbocycles. The largest absolute Gasteiger partial charge is 0.508 e. The number of aromatic hydroxyl groups is 1. The zero-order chi connectivity index (χ0) is 16.2. The molecule has 21 heavy (non-hydrogen) atoms. The Bertz CT molecular complexity index is 539. The third-order valence-electron chi connectivity index (χ3n) is 2.46. The van der Waals surface area contributed by atoms with Gasteiger partial charge in [0.15, 0.2) is 0 Å². The lowest BCUT2D eigenvalue weighted by molar-refractivity contribution is -0.139. The standard InChI is InChI=1S/C14H18ClNO5/c1-14(2,3)21-13(20)16-10(12(18)19)6-8-4-5-9(15)7-11(8)17/h4-5,7,10,17H,6H2,1-3H3,(H,16,20)(H,18,19)/t10-/m0/s1. The fourth-order valence-corrected chi connectivity index (χ4v) is 1.75. The number of rotatable bonds is 4. The van der Waals surface area contributed by atoms with E-state index in [0.29, 0.717) is 10.6 Å². The van der Waals surface area contributed by atoms with E-state index < -0.39 is 23.7 Å². The van der Waals surface area contributed by atoms with Crippen LogP contribution in [-0.4, -0.2) is 33.9 Å². The Hall–Kier alpha value is -1.95. The number of phenols is 1. The second kappa shape index (κ2) is 6.67. The molecule has 0 heterocycles. The molecule has 1 aromatic carbocycles. The normalized spacial score (nSPS) is 12.6. The number of carbonyl (C=O) groups is 2. The van der Waals surface area contributed by atoms with Crippen LogP contribution in [0.4, 0.5) is 4.79 Å². The number of alkyl carbamates (subject to hydrolysis) is 1. The Kier molecular flexibility index (Phi) is 5.43. The highest BCUT2D eigenvalue weighted by atomic mass is 35.5. The first kappa shape index (κ1) is 17.1. The highest BCUT2D eigenvalue weighted by molar-refractivity contribution is 6.30. The molecule has 1 amide bonds. The molecule has 1 atom stereocenters. The van der Waals surface area contributed by atoms with E-state index in [1.165, 1.54) is 18.2 Å². The van der Waals surface area contributed by atoms with Gasteiger partial charge in [0.2, 0.25) is 0 Å². The average molecular weight is 316 g/mol. The predicted octanol–water partition coefficient (Wildman–Crippen LogP) is 2.57. The lowest BCUT2D eigenvalue weighted by Crippen LogP contribution is -2.44. The van der Waals surface area contributed by atoms with E-state index in [-0.39, 0.29) is 12.2 Å². The third kappa shape index (κ3) is 5.91. The number of halogens is 1. The van der Waals surface area contributed by atoms with Crippen LogP contribution in [-0.2, 0) is 16.0 Å². The van der Waals surface area contributed by atoms with Crippen molar-refractivity contribution >= 4 is 23.7 Å². The van der Waals surface area contributed by atoms with Crippen LogP contribution in [0.2, 0.25) is 5.02 Å². The lowest BCUT2D eigenvalue weighted by atomic mass is 10.1. The smallest absolute Gasteiger partial charge is 0.408 e. The first-order valence-corrected chi connectivity index (χ1v) is 6.66. The van der Waals surface area contributed by atoms with Crippen molar-refractivity contribution in [3.05, 3.63) is 28.8 Å². The average Bonchev–Trinajstić information content (AvgIpc) is 2.28. The Labute approximate surface area is 127 Å². The van der Waals surface area contributed by atoms with Crippen LogP contribution < -0.4 is 5.32 Å². The van der Waals surface area contributed by atoms with E-state index in [4.69, 9.17) is 21.4 Å². The van der Waals surface area contributed by atoms with Gasteiger partial charge < -0.3 is 20.3 Å². The molecule has 0 fully saturated rings. The van der Waals surface area contributed by atoms with E-state index in [2.05, 4.69) is 5.32 Å². The lowest BCUT2D eigenvalue weighted by Gasteiger charge is -2.22. The minimum atomic E-state index is -1.23. The molecule has 0 bridgehead atoms. The first-order chi connectivity index (χ1) is 9.58. The van der Waals surface area contributed by atoms with Crippen molar-refractivity contribution in [1.29, 1.82) is 0 Å². The summed E-state index contributed by atoms with van der Waals surface area (Å²) in [5.74, 6) is -1.35. The quantitative estimate of drug-likeness (QED) is 0.793. The number of carboxylic acid groups (broad SMARTS) is 1. The van der Waals surface area contributed by atoms with Crippen LogP contribution in [0.3, 0.4) is 0 Å². The molecule has 3 N–H and O–H groups in total. The third-order valence-corrected chi connectivity index (χ3v) is 2.70. The van der Waals surface area contributed by atoms with Crippen LogP contribution in [0.5, 0.6) is 5.75 Å². The zero-order valence-corrected chi connectivity index (χ0v) is 12.8. The van der Waals surface area contributed by atoms with Crippen LogP contribution in [0.15, 0.2) is 18.2 Å². The highest BCUT2D eigenvalue weighted by Crippen LogP contribution is 2.23. The van der Waals surface area contributed by atoms with E-state index in [0.717, 1.165) is 0 Å². The number of hydrogen-bond acceptors (Lipinski definition) is 4. The SMILES string of the molecule is CC(C)(C)OC(=O)N[C@@H](Cc1ccc(Cl)cc1O)C(=O)O. The second-order valence-corrected chi connectivity index (χ2v) is 5.95. The van der Waals surface area contributed by atoms with E-state index in [1.54, 1.807) is 20.8 Å². The molecule has 0 aliphatic heterocycles. The molecule has 0 aliphatic rings. The van der Waals surface area contributed by atoms with Gasteiger partial charge in [-0.05, 0) is 38.5 Å². The molecule has 0 spiro atoms. The van der Waals surface area contributed by atoms with Crippen molar-refractivity contribution in [2.75, 3.05) is 0 Å². The van der Waals surface area contributed by atoms with Crippen LogP contribution in [0, 0.1) is 0 Å². The van der Waals surface area contributed by atoms with Crippen molar-refractivity contribution in [3.8, 4) is 5.75 Å². The van der Waals surface area contributed by atoms with Gasteiger partial charge in [-0.1, -0.05) is 17.7 Å². The zero-order valence-electron chi connectivity index (χ0n) is 12.0. The summed E-state index contributed by atoms with van der Waals surface area (Å²) in [6.07, 6.45) is -0.916. The molecule has 0 radical (unpaired) electrons. The number of phenolic OH excluding ortho intramolecular Hbond substituents is 1. The van der Waals surface area contributed by atoms with Crippen molar-refractivity contribution in [2.45, 2.75) is 38.8 Å². The number of amides is 1. The number of hydrogen-bond donors (Lipinski definition) is 3. The number of ether oxygens (including phenoxy) is 1. The van der Waals surface area contributed by atoms with Crippen LogP contribution in [0.1, 0.15) is 26.3 Å². The van der Waals surface area contributed by atoms with Gasteiger partial charge in [-0.3, -0.25) is 0 Å². The Morgan fingerprint density at radius 3 is 2.48 bits per heavy atom. The number of aliphatic carboxylic acids is 1. The van der Waals surface area contributed by atoms with Crippen LogP contribution >= 0.6 is 11.6 Å². The highest BCUT2D eigenvalue weighted by Gasteiger charge is 2.25. The molecular formula is C14H18ClNO5. The topological polar surface area (TPSA) is 95.9 Å². The van der Waals surface area contributed by atoms with Gasteiger partial charge >= 0.3 is 12.1 Å². The minimum absolute atomic E-state index is 0.0857. The second-order valence-electron chi connectivity index (χ2n) is 5.51. The van der Waals surface area contributed by atoms with Gasteiger partial charge in [-0.25, -0.2) is 9.59 Å². The van der Waals surface area contributed by atoms with Crippen molar-refractivity contribution in [2.24, 2.45) is 0 Å². The van der Waals surface area contributed by atoms with Gasteiger partial charge in [0.05, 0.1) is 0 Å². The molecule has 1 aromatic rings. The summed E-state index contributed by atoms with van der Waals surface area (Å²) in [6, 6.07) is 3.13. The van der Waals surface area contributed by atoms with Gasteiger partial charge in [0, 0.05) is 11.4 Å². The molecule has 116 valence electrons. The first-order valence-electron chi connectivity index (χ1n) is 6.28. The fourth-order valence-electron chi connectivity index (χ4n) is 1.58. The Morgan fingerprint density at radius 2 is 2.00 bits per heavy atom. The maximum atomic E-state index is 11.6. The number of carboxylic acids is 1. The summed E-state index contributed by atoms with van der Waals surface area (Å²) in [5.41, 5.74) is -0.363. The van der Waals surface area contributed by atoms with Crippen molar-refractivity contribution in [1.82, 2.24) is 5.32 Å². The number of nitrogens with one attached hydrogen (secondary N) is 1. The monoisotopic (exact) mass is 315 g/mol. The summed E-state index contributed by atoms with van der Waals surface area (Å²) in [4.78, 5) is 22.8. The van der Waals surface area contributed by atoms with E-state index in [9.17, 15) is 14.7 Å². The summed E-state index contributed by atoms with van der Waals surface area (Å²) < 4.78 is 5.01. The van der Waals surface area contributed by atoms with Gasteiger partial charge in [-0.2, -0.15) is 0 Å².